The predicted octanol–water partition coefficient (Wildman–Crippen LogP) is 4.70. The maximum absolute atomic E-state index is 14.2. The van der Waals surface area contributed by atoms with E-state index in [9.17, 15) is 9.59 Å². The molecule has 0 bridgehead atoms. The fraction of sp³-hybridized carbons (Fsp3) is 0.241. The Morgan fingerprint density at radius 1 is 0.974 bits per heavy atom. The Morgan fingerprint density at radius 3 is 2.37 bits per heavy atom. The third-order valence-corrected chi connectivity index (χ3v) is 7.89. The van der Waals surface area contributed by atoms with E-state index in [1.807, 2.05) is 55.6 Å². The maximum atomic E-state index is 14.2. The number of para-hydroxylation sites is 2. The first-order valence-corrected chi connectivity index (χ1v) is 13.1. The number of anilines is 1. The summed E-state index contributed by atoms with van der Waals surface area (Å²) in [5, 5.41) is 4.87. The number of thioether (sulfide) groups is 1. The third-order valence-electron chi connectivity index (χ3n) is 6.73. The van der Waals surface area contributed by atoms with Crippen molar-refractivity contribution in [1.82, 2.24) is 9.88 Å². The smallest absolute Gasteiger partial charge is 0.248 e. The predicted molar refractivity (Wildman–Crippen MR) is 148 cm³/mol. The van der Waals surface area contributed by atoms with Crippen molar-refractivity contribution in [3.05, 3.63) is 77.9 Å². The molecule has 0 unspecified atom stereocenters. The van der Waals surface area contributed by atoms with Crippen molar-refractivity contribution in [2.24, 2.45) is 7.05 Å². The lowest BCUT2D eigenvalue weighted by molar-refractivity contribution is -0.125. The van der Waals surface area contributed by atoms with Crippen LogP contribution in [0.5, 0.6) is 17.2 Å². The van der Waals surface area contributed by atoms with Crippen LogP contribution in [0.15, 0.2) is 71.8 Å². The van der Waals surface area contributed by atoms with Crippen molar-refractivity contribution in [2.75, 3.05) is 32.0 Å². The number of nitrogens with zero attached hydrogens (tertiary/aromatic N) is 2. The molecule has 0 fully saturated rings. The average molecular weight is 532 g/mol. The number of benzene rings is 3. The Kier molecular flexibility index (Phi) is 7.20. The van der Waals surface area contributed by atoms with Crippen LogP contribution < -0.4 is 24.4 Å². The number of carbonyl (C=O) groups excluding carboxylic acids is 2. The van der Waals surface area contributed by atoms with E-state index in [0.29, 0.717) is 22.9 Å². The molecule has 0 radical (unpaired) electrons. The van der Waals surface area contributed by atoms with Crippen molar-refractivity contribution in [3.63, 3.8) is 0 Å². The maximum Gasteiger partial charge on any atom is 0.248 e. The number of nitrogens with one attached hydrogen (secondary N) is 1. The van der Waals surface area contributed by atoms with Crippen LogP contribution in [-0.4, -0.2) is 43.5 Å². The first kappa shape index (κ1) is 25.5. The fourth-order valence-corrected chi connectivity index (χ4v) is 5.98. The van der Waals surface area contributed by atoms with E-state index in [1.54, 1.807) is 44.4 Å². The Morgan fingerprint density at radius 2 is 1.66 bits per heavy atom. The minimum atomic E-state index is -0.926. The van der Waals surface area contributed by atoms with Crippen LogP contribution in [0.3, 0.4) is 0 Å². The fourth-order valence-electron chi connectivity index (χ4n) is 4.91. The molecule has 0 aliphatic carbocycles. The first-order valence-electron chi connectivity index (χ1n) is 12.1. The number of rotatable bonds is 7. The summed E-state index contributed by atoms with van der Waals surface area (Å²) >= 11 is 1.44. The molecule has 196 valence electrons. The van der Waals surface area contributed by atoms with Gasteiger partial charge in [-0.1, -0.05) is 48.2 Å². The van der Waals surface area contributed by atoms with E-state index in [1.165, 1.54) is 11.8 Å². The Bertz CT molecular complexity index is 1490. The molecule has 3 aromatic carbocycles. The molecule has 2 heterocycles. The van der Waals surface area contributed by atoms with Gasteiger partial charge in [0.1, 0.15) is 23.3 Å². The number of carbonyl (C=O) groups is 2. The number of hydrogen-bond acceptors (Lipinski definition) is 6. The second-order valence-electron chi connectivity index (χ2n) is 8.85. The zero-order chi connectivity index (χ0) is 26.8. The minimum absolute atomic E-state index is 0.174. The summed E-state index contributed by atoms with van der Waals surface area (Å²) in [5.74, 6) is 1.41. The molecule has 2 amide bonds. The highest BCUT2D eigenvalue weighted by molar-refractivity contribution is 8.00. The number of aryl methyl sites for hydroxylation is 1. The molecule has 9 heteroatoms. The molecule has 8 nitrogen and oxygen atoms in total. The number of ether oxygens (including phenoxy) is 3. The van der Waals surface area contributed by atoms with Crippen LogP contribution in [0, 0.1) is 0 Å². The summed E-state index contributed by atoms with van der Waals surface area (Å²) in [6, 6.07) is 19.8. The number of aromatic nitrogens is 1. The van der Waals surface area contributed by atoms with Gasteiger partial charge in [0, 0.05) is 53.8 Å². The standard InChI is InChI=1S/C29H29N3O5S/c1-31-23-11-7-6-10-22(23)26-27(28(34)30-16-18-9-5-8-12-24(18)37-4)32(25(33)17-38-29(26)31)19-13-20(35-2)15-21(14-19)36-3/h5-15,27H,16-17H2,1-4H3,(H,30,34)/t27-/m0/s1. The molecule has 0 spiro atoms. The Hall–Kier alpha value is -4.11. The molecule has 4 aromatic rings. The van der Waals surface area contributed by atoms with E-state index >= 15 is 0 Å². The van der Waals surface area contributed by atoms with Gasteiger partial charge in [0.15, 0.2) is 0 Å². The molecular weight excluding hydrogens is 502 g/mol. The van der Waals surface area contributed by atoms with Crippen molar-refractivity contribution in [2.45, 2.75) is 17.6 Å². The highest BCUT2D eigenvalue weighted by atomic mass is 32.2. The van der Waals surface area contributed by atoms with Gasteiger partial charge in [0.2, 0.25) is 11.8 Å². The van der Waals surface area contributed by atoms with Crippen LogP contribution in [0.2, 0.25) is 0 Å². The molecule has 0 saturated heterocycles. The van der Waals surface area contributed by atoms with Crippen LogP contribution >= 0.6 is 11.8 Å². The van der Waals surface area contributed by atoms with Crippen molar-refractivity contribution in [1.29, 1.82) is 0 Å². The first-order chi connectivity index (χ1) is 18.5. The summed E-state index contributed by atoms with van der Waals surface area (Å²) < 4.78 is 18.5. The van der Waals surface area contributed by atoms with Crippen molar-refractivity contribution in [3.8, 4) is 17.2 Å². The van der Waals surface area contributed by atoms with Gasteiger partial charge >= 0.3 is 0 Å². The molecule has 38 heavy (non-hydrogen) atoms. The van der Waals surface area contributed by atoms with Crippen LogP contribution in [0.1, 0.15) is 17.2 Å². The lowest BCUT2D eigenvalue weighted by Gasteiger charge is -2.30. The monoisotopic (exact) mass is 531 g/mol. The van der Waals surface area contributed by atoms with Crippen LogP contribution in [0.25, 0.3) is 10.9 Å². The van der Waals surface area contributed by atoms with E-state index in [2.05, 4.69) is 9.88 Å². The number of amides is 2. The van der Waals surface area contributed by atoms with E-state index in [0.717, 1.165) is 27.1 Å². The molecule has 1 aliphatic heterocycles. The lowest BCUT2D eigenvalue weighted by Crippen LogP contribution is -2.43. The minimum Gasteiger partial charge on any atom is -0.497 e. The molecule has 5 rings (SSSR count). The summed E-state index contributed by atoms with van der Waals surface area (Å²) in [4.78, 5) is 29.4. The van der Waals surface area contributed by atoms with Gasteiger partial charge in [-0.3, -0.25) is 14.5 Å². The number of hydrogen-bond donors (Lipinski definition) is 1. The largest absolute Gasteiger partial charge is 0.497 e. The number of fused-ring (bicyclic) bond motifs is 3. The van der Waals surface area contributed by atoms with E-state index in [-0.39, 0.29) is 24.1 Å². The summed E-state index contributed by atoms with van der Waals surface area (Å²) in [5.41, 5.74) is 3.14. The van der Waals surface area contributed by atoms with E-state index in [4.69, 9.17) is 14.2 Å². The zero-order valence-corrected chi connectivity index (χ0v) is 22.5. The zero-order valence-electron chi connectivity index (χ0n) is 21.7. The summed E-state index contributed by atoms with van der Waals surface area (Å²) in [7, 11) is 6.67. The number of methoxy groups -OCH3 is 3. The Labute approximate surface area is 225 Å². The lowest BCUT2D eigenvalue weighted by atomic mass is 10.0. The molecule has 1 aliphatic rings. The van der Waals surface area contributed by atoms with Gasteiger partial charge in [0.25, 0.3) is 0 Å². The van der Waals surface area contributed by atoms with Gasteiger partial charge in [0.05, 0.1) is 37.8 Å². The van der Waals surface area contributed by atoms with Crippen molar-refractivity contribution < 1.29 is 23.8 Å². The molecule has 1 N–H and O–H groups in total. The van der Waals surface area contributed by atoms with Gasteiger partial charge in [-0.15, -0.1) is 0 Å². The second kappa shape index (κ2) is 10.7. The van der Waals surface area contributed by atoms with Gasteiger partial charge < -0.3 is 24.1 Å². The topological polar surface area (TPSA) is 82.0 Å². The normalized spacial score (nSPS) is 15.1. The van der Waals surface area contributed by atoms with Gasteiger partial charge in [-0.2, -0.15) is 0 Å². The highest BCUT2D eigenvalue weighted by Gasteiger charge is 2.40. The summed E-state index contributed by atoms with van der Waals surface area (Å²) in [6.07, 6.45) is 0. The van der Waals surface area contributed by atoms with Gasteiger partial charge in [-0.05, 0) is 12.1 Å². The van der Waals surface area contributed by atoms with Gasteiger partial charge in [-0.25, -0.2) is 0 Å². The molecular formula is C29H29N3O5S. The third kappa shape index (κ3) is 4.54. The highest BCUT2D eigenvalue weighted by Crippen LogP contribution is 2.44. The SMILES string of the molecule is COc1cc(OC)cc(N2C(=O)CSc3c(c4ccccc4n3C)[C@H]2C(=O)NCc2ccccc2OC)c1. The second-order valence-corrected chi connectivity index (χ2v) is 9.81. The van der Waals surface area contributed by atoms with Crippen LogP contribution in [0.4, 0.5) is 5.69 Å². The van der Waals surface area contributed by atoms with E-state index < -0.39 is 6.04 Å². The van der Waals surface area contributed by atoms with Crippen LogP contribution in [-0.2, 0) is 23.2 Å². The molecule has 1 atom stereocenters. The molecule has 0 saturated carbocycles. The quantitative estimate of drug-likeness (QED) is 0.372. The average Bonchev–Trinajstić information content (AvgIpc) is 3.13. The molecule has 1 aromatic heterocycles. The Balaban J connectivity index is 1.66. The summed E-state index contributed by atoms with van der Waals surface area (Å²) in [6.45, 7) is 0.246. The van der Waals surface area contributed by atoms with Crippen molar-refractivity contribution >= 4 is 40.2 Å².